The topological polar surface area (TPSA) is 48.8 Å². The highest BCUT2D eigenvalue weighted by molar-refractivity contribution is 6.30. The molecular weight excluding hydrogens is 356 g/mol. The number of anilines is 2. The van der Waals surface area contributed by atoms with E-state index in [1.807, 2.05) is 24.3 Å². The molecule has 1 atom stereocenters. The zero-order valence-electron chi connectivity index (χ0n) is 15.5. The molecule has 0 aromatic heterocycles. The van der Waals surface area contributed by atoms with Crippen LogP contribution in [-0.2, 0) is 0 Å². The van der Waals surface area contributed by atoms with Gasteiger partial charge in [-0.15, -0.1) is 10.2 Å². The van der Waals surface area contributed by atoms with Crippen LogP contribution in [0.5, 0.6) is 0 Å². The average molecular weight is 377 g/mol. The average Bonchev–Trinajstić information content (AvgIpc) is 2.62. The molecule has 0 fully saturated rings. The minimum atomic E-state index is -0.333. The van der Waals surface area contributed by atoms with E-state index < -0.39 is 0 Å². The predicted molar refractivity (Wildman–Crippen MR) is 113 cm³/mol. The van der Waals surface area contributed by atoms with Crippen LogP contribution in [-0.4, -0.2) is 6.29 Å². The van der Waals surface area contributed by atoms with Crippen molar-refractivity contribution in [3.05, 3.63) is 76.3 Å². The van der Waals surface area contributed by atoms with Crippen LogP contribution >= 0.6 is 11.6 Å². The van der Waals surface area contributed by atoms with Crippen molar-refractivity contribution in [3.8, 4) is 11.1 Å². The second kappa shape index (κ2) is 7.05. The lowest BCUT2D eigenvalue weighted by Gasteiger charge is -2.24. The molecule has 0 saturated heterocycles. The Morgan fingerprint density at radius 1 is 0.926 bits per heavy atom. The number of hydrogen-bond donors (Lipinski definition) is 2. The molecule has 1 aliphatic heterocycles. The molecule has 4 rings (SSSR count). The zero-order chi connectivity index (χ0) is 19.0. The van der Waals surface area contributed by atoms with Gasteiger partial charge in [0.1, 0.15) is 5.69 Å². The van der Waals surface area contributed by atoms with Crippen molar-refractivity contribution in [2.75, 3.05) is 10.6 Å². The third-order valence-electron chi connectivity index (χ3n) is 4.77. The molecule has 0 spiro atoms. The Hall–Kier alpha value is -2.85. The van der Waals surface area contributed by atoms with Crippen molar-refractivity contribution in [2.24, 2.45) is 10.2 Å². The fourth-order valence-corrected chi connectivity index (χ4v) is 3.73. The number of hydrogen-bond acceptors (Lipinski definition) is 4. The molecule has 3 aromatic carbocycles. The van der Waals surface area contributed by atoms with E-state index in [0.717, 1.165) is 22.6 Å². The zero-order valence-corrected chi connectivity index (χ0v) is 16.3. The number of benzene rings is 3. The number of nitrogens with zero attached hydrogens (tertiary/aromatic N) is 2. The third kappa shape index (κ3) is 3.53. The van der Waals surface area contributed by atoms with Gasteiger partial charge in [0, 0.05) is 10.7 Å². The van der Waals surface area contributed by atoms with E-state index in [2.05, 4.69) is 72.0 Å². The van der Waals surface area contributed by atoms with Gasteiger partial charge in [0.15, 0.2) is 0 Å². The maximum absolute atomic E-state index is 6.06. The molecule has 0 saturated carbocycles. The van der Waals surface area contributed by atoms with E-state index in [9.17, 15) is 0 Å². The summed E-state index contributed by atoms with van der Waals surface area (Å²) in [6.07, 6.45) is -0.333. The second-order valence-electron chi connectivity index (χ2n) is 6.87. The van der Waals surface area contributed by atoms with Crippen molar-refractivity contribution in [1.29, 1.82) is 0 Å². The summed E-state index contributed by atoms with van der Waals surface area (Å²) in [7, 11) is 0. The molecule has 0 bridgehead atoms. The van der Waals surface area contributed by atoms with Crippen LogP contribution in [0, 0.1) is 20.8 Å². The van der Waals surface area contributed by atoms with Crippen LogP contribution in [0.25, 0.3) is 11.1 Å². The van der Waals surface area contributed by atoms with Crippen molar-refractivity contribution < 1.29 is 0 Å². The number of aryl methyl sites for hydroxylation is 3. The highest BCUT2D eigenvalue weighted by Gasteiger charge is 2.19. The predicted octanol–water partition coefficient (Wildman–Crippen LogP) is 6.84. The van der Waals surface area contributed by atoms with E-state index in [1.165, 1.54) is 22.3 Å². The molecule has 1 heterocycles. The monoisotopic (exact) mass is 376 g/mol. The summed E-state index contributed by atoms with van der Waals surface area (Å²) in [5.74, 6) is 0. The molecular formula is C22H21ClN4. The lowest BCUT2D eigenvalue weighted by Crippen LogP contribution is -2.28. The Morgan fingerprint density at radius 2 is 1.67 bits per heavy atom. The standard InChI is InChI=1S/C22H21ClN4/c1-13-6-4-7-14(2)20(13)16-10-15(3)21-19(11-16)26-27-22(25-21)24-18-9-5-8-17(23)12-18/h4-12,22,24-25H,1-3H3. The molecule has 0 radical (unpaired) electrons. The Balaban J connectivity index is 1.65. The van der Waals surface area contributed by atoms with Crippen LogP contribution < -0.4 is 10.6 Å². The molecule has 0 amide bonds. The lowest BCUT2D eigenvalue weighted by molar-refractivity contribution is 0.789. The van der Waals surface area contributed by atoms with Crippen molar-refractivity contribution in [1.82, 2.24) is 0 Å². The van der Waals surface area contributed by atoms with Gasteiger partial charge in [-0.1, -0.05) is 35.9 Å². The summed E-state index contributed by atoms with van der Waals surface area (Å²) in [6.45, 7) is 6.38. The first kappa shape index (κ1) is 17.6. The molecule has 4 nitrogen and oxygen atoms in total. The van der Waals surface area contributed by atoms with Crippen LogP contribution in [0.15, 0.2) is 64.8 Å². The fraction of sp³-hybridized carbons (Fsp3) is 0.182. The van der Waals surface area contributed by atoms with E-state index in [-0.39, 0.29) is 6.29 Å². The van der Waals surface area contributed by atoms with Gasteiger partial charge < -0.3 is 10.6 Å². The molecule has 27 heavy (non-hydrogen) atoms. The molecule has 2 N–H and O–H groups in total. The van der Waals surface area contributed by atoms with E-state index in [0.29, 0.717) is 5.02 Å². The minimum absolute atomic E-state index is 0.333. The van der Waals surface area contributed by atoms with Crippen molar-refractivity contribution >= 4 is 28.7 Å². The highest BCUT2D eigenvalue weighted by Crippen LogP contribution is 2.39. The van der Waals surface area contributed by atoms with Gasteiger partial charge in [0.05, 0.1) is 5.69 Å². The lowest BCUT2D eigenvalue weighted by atomic mass is 9.93. The van der Waals surface area contributed by atoms with Crippen molar-refractivity contribution in [2.45, 2.75) is 27.1 Å². The maximum Gasteiger partial charge on any atom is 0.214 e. The summed E-state index contributed by atoms with van der Waals surface area (Å²) >= 11 is 6.06. The second-order valence-corrected chi connectivity index (χ2v) is 7.31. The normalized spacial score (nSPS) is 15.2. The molecule has 1 unspecified atom stereocenters. The van der Waals surface area contributed by atoms with Crippen molar-refractivity contribution in [3.63, 3.8) is 0 Å². The number of nitrogens with one attached hydrogen (secondary N) is 2. The van der Waals surface area contributed by atoms with Gasteiger partial charge >= 0.3 is 0 Å². The molecule has 136 valence electrons. The van der Waals surface area contributed by atoms with E-state index in [4.69, 9.17) is 11.6 Å². The fourth-order valence-electron chi connectivity index (χ4n) is 3.54. The number of halogens is 1. The smallest absolute Gasteiger partial charge is 0.214 e. The summed E-state index contributed by atoms with van der Waals surface area (Å²) in [5, 5.41) is 16.3. The largest absolute Gasteiger partial charge is 0.346 e. The van der Waals surface area contributed by atoms with Gasteiger partial charge in [-0.2, -0.15) is 0 Å². The summed E-state index contributed by atoms with van der Waals surface area (Å²) < 4.78 is 0. The van der Waals surface area contributed by atoms with Gasteiger partial charge in [0.25, 0.3) is 0 Å². The Bertz CT molecular complexity index is 1020. The van der Waals surface area contributed by atoms with E-state index >= 15 is 0 Å². The number of azo groups is 1. The number of fused-ring (bicyclic) bond motifs is 1. The first-order chi connectivity index (χ1) is 13.0. The SMILES string of the molecule is Cc1cc(-c2c(C)cccc2C)cc2c1NC(Nc1cccc(Cl)c1)N=N2. The Labute approximate surface area is 164 Å². The quantitative estimate of drug-likeness (QED) is 0.525. The van der Waals surface area contributed by atoms with Gasteiger partial charge in [0.2, 0.25) is 6.29 Å². The summed E-state index contributed by atoms with van der Waals surface area (Å²) in [4.78, 5) is 0. The first-order valence-electron chi connectivity index (χ1n) is 8.92. The molecule has 1 aliphatic rings. The summed E-state index contributed by atoms with van der Waals surface area (Å²) in [5.41, 5.74) is 8.85. The van der Waals surface area contributed by atoms with E-state index in [1.54, 1.807) is 0 Å². The number of rotatable bonds is 3. The van der Waals surface area contributed by atoms with Crippen LogP contribution in [0.3, 0.4) is 0 Å². The molecule has 0 aliphatic carbocycles. The maximum atomic E-state index is 6.06. The van der Waals surface area contributed by atoms with Crippen LogP contribution in [0.1, 0.15) is 16.7 Å². The van der Waals surface area contributed by atoms with Crippen LogP contribution in [0.2, 0.25) is 5.02 Å². The molecule has 5 heteroatoms. The highest BCUT2D eigenvalue weighted by atomic mass is 35.5. The van der Waals surface area contributed by atoms with Gasteiger partial charge in [-0.3, -0.25) is 0 Å². The molecule has 3 aromatic rings. The summed E-state index contributed by atoms with van der Waals surface area (Å²) in [6, 6.07) is 18.2. The third-order valence-corrected chi connectivity index (χ3v) is 5.01. The van der Waals surface area contributed by atoms with Gasteiger partial charge in [-0.25, -0.2) is 0 Å². The Morgan fingerprint density at radius 3 is 2.41 bits per heavy atom. The van der Waals surface area contributed by atoms with Crippen LogP contribution in [0.4, 0.5) is 17.1 Å². The van der Waals surface area contributed by atoms with Gasteiger partial charge in [-0.05, 0) is 78.9 Å². The minimum Gasteiger partial charge on any atom is -0.346 e. The first-order valence-corrected chi connectivity index (χ1v) is 9.30. The Kier molecular flexibility index (Phi) is 4.58.